The molecular formula is C30H39N5O2. The minimum Gasteiger partial charge on any atom is -0.369 e. The van der Waals surface area contributed by atoms with Crippen molar-refractivity contribution in [2.24, 2.45) is 11.8 Å². The van der Waals surface area contributed by atoms with Gasteiger partial charge in [0.05, 0.1) is 12.2 Å². The lowest BCUT2D eigenvalue weighted by atomic mass is 9.81. The first kappa shape index (κ1) is 25.5. The predicted octanol–water partition coefficient (Wildman–Crippen LogP) is 3.81. The van der Waals surface area contributed by atoms with Crippen LogP contribution < -0.4 is 10.2 Å². The van der Waals surface area contributed by atoms with Crippen LogP contribution in [0.5, 0.6) is 0 Å². The monoisotopic (exact) mass is 501 g/mol. The van der Waals surface area contributed by atoms with Crippen LogP contribution in [0.15, 0.2) is 71.3 Å². The first-order valence-corrected chi connectivity index (χ1v) is 13.6. The average molecular weight is 502 g/mol. The van der Waals surface area contributed by atoms with Crippen molar-refractivity contribution in [3.63, 3.8) is 0 Å². The first-order valence-electron chi connectivity index (χ1n) is 13.6. The van der Waals surface area contributed by atoms with Gasteiger partial charge in [-0.1, -0.05) is 53.7 Å². The van der Waals surface area contributed by atoms with Gasteiger partial charge in [0, 0.05) is 57.9 Å². The summed E-state index contributed by atoms with van der Waals surface area (Å²) in [5, 5.41) is 7.93. The molecule has 0 unspecified atom stereocenters. The van der Waals surface area contributed by atoms with E-state index in [1.54, 1.807) is 0 Å². The number of rotatable bonds is 9. The highest BCUT2D eigenvalue weighted by Gasteiger charge is 2.29. The van der Waals surface area contributed by atoms with E-state index in [0.717, 1.165) is 75.7 Å². The van der Waals surface area contributed by atoms with E-state index in [4.69, 9.17) is 4.52 Å². The van der Waals surface area contributed by atoms with Crippen LogP contribution in [0.3, 0.4) is 0 Å². The van der Waals surface area contributed by atoms with Gasteiger partial charge < -0.3 is 19.6 Å². The van der Waals surface area contributed by atoms with Crippen LogP contribution >= 0.6 is 0 Å². The SMILES string of the molecule is CN(Cc1ccccc1)C(=O)C[C@@H]1CCNC[C@@H]1Cc1cc(CN2CCN(c3ccccc3)CC2)on1. The van der Waals surface area contributed by atoms with Gasteiger partial charge >= 0.3 is 0 Å². The van der Waals surface area contributed by atoms with Crippen molar-refractivity contribution in [2.45, 2.75) is 32.4 Å². The maximum atomic E-state index is 13.0. The van der Waals surface area contributed by atoms with Gasteiger partial charge in [0.25, 0.3) is 0 Å². The Bertz CT molecular complexity index is 1110. The van der Waals surface area contributed by atoms with E-state index < -0.39 is 0 Å². The fourth-order valence-electron chi connectivity index (χ4n) is 5.63. The second-order valence-electron chi connectivity index (χ2n) is 10.5. The van der Waals surface area contributed by atoms with Crippen molar-refractivity contribution in [3.8, 4) is 0 Å². The minimum atomic E-state index is 0.219. The van der Waals surface area contributed by atoms with Crippen LogP contribution in [-0.2, 0) is 24.3 Å². The lowest BCUT2D eigenvalue weighted by Crippen LogP contribution is -2.45. The van der Waals surface area contributed by atoms with Crippen LogP contribution in [-0.4, -0.2) is 67.2 Å². The highest BCUT2D eigenvalue weighted by Crippen LogP contribution is 2.27. The Balaban J connectivity index is 1.11. The Kier molecular flexibility index (Phi) is 8.53. The van der Waals surface area contributed by atoms with Crippen LogP contribution in [0.4, 0.5) is 5.69 Å². The van der Waals surface area contributed by atoms with Gasteiger partial charge in [-0.3, -0.25) is 9.69 Å². The molecule has 5 rings (SSSR count). The average Bonchev–Trinajstić information content (AvgIpc) is 3.38. The molecule has 2 atom stereocenters. The Hall–Kier alpha value is -3.16. The number of carbonyl (C=O) groups is 1. The molecular weight excluding hydrogens is 462 g/mol. The molecule has 2 saturated heterocycles. The van der Waals surface area contributed by atoms with Crippen molar-refractivity contribution >= 4 is 11.6 Å². The van der Waals surface area contributed by atoms with Gasteiger partial charge in [-0.15, -0.1) is 0 Å². The Labute approximate surface area is 220 Å². The molecule has 196 valence electrons. The molecule has 2 aromatic carbocycles. The molecule has 7 nitrogen and oxygen atoms in total. The van der Waals surface area contributed by atoms with E-state index in [0.29, 0.717) is 24.8 Å². The molecule has 0 aliphatic carbocycles. The van der Waals surface area contributed by atoms with E-state index >= 15 is 0 Å². The van der Waals surface area contributed by atoms with E-state index in [-0.39, 0.29) is 5.91 Å². The number of piperidine rings is 1. The van der Waals surface area contributed by atoms with Crippen LogP contribution in [0.1, 0.15) is 29.9 Å². The number of piperazine rings is 1. The molecule has 1 aromatic heterocycles. The smallest absolute Gasteiger partial charge is 0.222 e. The second kappa shape index (κ2) is 12.4. The van der Waals surface area contributed by atoms with Gasteiger partial charge in [0.2, 0.25) is 5.91 Å². The standard InChI is InChI=1S/C30H39N5O2/c1-33(22-24-8-4-2-5-9-24)30(36)19-25-12-13-31-21-26(25)18-27-20-29(37-32-27)23-34-14-16-35(17-15-34)28-10-6-3-7-11-28/h2-11,20,25-26,31H,12-19,21-23H2,1H3/t25-,26-/m0/s1. The van der Waals surface area contributed by atoms with Crippen molar-refractivity contribution in [1.29, 1.82) is 0 Å². The molecule has 3 heterocycles. The molecule has 0 saturated carbocycles. The molecule has 0 spiro atoms. The number of hydrogen-bond donors (Lipinski definition) is 1. The fraction of sp³-hybridized carbons (Fsp3) is 0.467. The van der Waals surface area contributed by atoms with Crippen molar-refractivity contribution < 1.29 is 9.32 Å². The number of amides is 1. The highest BCUT2D eigenvalue weighted by atomic mass is 16.5. The largest absolute Gasteiger partial charge is 0.369 e. The Morgan fingerprint density at radius 1 is 1.03 bits per heavy atom. The maximum absolute atomic E-state index is 13.0. The number of nitrogens with one attached hydrogen (secondary N) is 1. The summed E-state index contributed by atoms with van der Waals surface area (Å²) in [4.78, 5) is 19.8. The molecule has 2 aliphatic heterocycles. The quantitative estimate of drug-likeness (QED) is 0.481. The summed E-state index contributed by atoms with van der Waals surface area (Å²) in [7, 11) is 1.91. The summed E-state index contributed by atoms with van der Waals surface area (Å²) in [5.74, 6) is 1.90. The third-order valence-electron chi connectivity index (χ3n) is 7.84. The number of benzene rings is 2. The van der Waals surface area contributed by atoms with Crippen molar-refractivity contribution in [1.82, 2.24) is 20.3 Å². The molecule has 1 N–H and O–H groups in total. The lowest BCUT2D eigenvalue weighted by Gasteiger charge is -2.35. The van der Waals surface area contributed by atoms with E-state index in [9.17, 15) is 4.79 Å². The van der Waals surface area contributed by atoms with E-state index in [1.165, 1.54) is 5.69 Å². The predicted molar refractivity (Wildman–Crippen MR) is 146 cm³/mol. The molecule has 3 aromatic rings. The number of anilines is 1. The molecule has 7 heteroatoms. The normalized spacial score (nSPS) is 20.6. The van der Waals surface area contributed by atoms with Crippen molar-refractivity contribution in [3.05, 3.63) is 83.7 Å². The first-order chi connectivity index (χ1) is 18.1. The number of aromatic nitrogens is 1. The van der Waals surface area contributed by atoms with E-state index in [2.05, 4.69) is 68.8 Å². The van der Waals surface area contributed by atoms with Crippen LogP contribution in [0.2, 0.25) is 0 Å². The van der Waals surface area contributed by atoms with Gasteiger partial charge in [0.15, 0.2) is 5.76 Å². The fourth-order valence-corrected chi connectivity index (χ4v) is 5.63. The van der Waals surface area contributed by atoms with Crippen molar-refractivity contribution in [2.75, 3.05) is 51.2 Å². The minimum absolute atomic E-state index is 0.219. The number of nitrogens with zero attached hydrogens (tertiary/aromatic N) is 4. The lowest BCUT2D eigenvalue weighted by molar-refractivity contribution is -0.132. The third-order valence-corrected chi connectivity index (χ3v) is 7.84. The maximum Gasteiger partial charge on any atom is 0.222 e. The zero-order chi connectivity index (χ0) is 25.5. The summed E-state index contributed by atoms with van der Waals surface area (Å²) in [6, 6.07) is 22.9. The molecule has 1 amide bonds. The molecule has 0 radical (unpaired) electrons. The summed E-state index contributed by atoms with van der Waals surface area (Å²) >= 11 is 0. The van der Waals surface area contributed by atoms with Gasteiger partial charge in [-0.25, -0.2) is 0 Å². The van der Waals surface area contributed by atoms with Gasteiger partial charge in [-0.2, -0.15) is 0 Å². The molecule has 2 aliphatic rings. The summed E-state index contributed by atoms with van der Waals surface area (Å²) in [5.41, 5.74) is 3.46. The summed E-state index contributed by atoms with van der Waals surface area (Å²) in [6.07, 6.45) is 2.46. The summed E-state index contributed by atoms with van der Waals surface area (Å²) in [6.45, 7) is 7.41. The number of para-hydroxylation sites is 1. The number of hydrogen-bond acceptors (Lipinski definition) is 6. The van der Waals surface area contributed by atoms with E-state index in [1.807, 2.05) is 30.1 Å². The Morgan fingerprint density at radius 2 is 1.76 bits per heavy atom. The topological polar surface area (TPSA) is 64.9 Å². The van der Waals surface area contributed by atoms with Gasteiger partial charge in [-0.05, 0) is 55.5 Å². The highest BCUT2D eigenvalue weighted by molar-refractivity contribution is 5.76. The second-order valence-corrected chi connectivity index (χ2v) is 10.5. The molecule has 2 fully saturated rings. The third kappa shape index (κ3) is 6.99. The van der Waals surface area contributed by atoms with Crippen LogP contribution in [0, 0.1) is 11.8 Å². The zero-order valence-corrected chi connectivity index (χ0v) is 21.9. The number of carbonyl (C=O) groups excluding carboxylic acids is 1. The van der Waals surface area contributed by atoms with Gasteiger partial charge in [0.1, 0.15) is 0 Å². The Morgan fingerprint density at radius 3 is 2.51 bits per heavy atom. The zero-order valence-electron chi connectivity index (χ0n) is 21.9. The van der Waals surface area contributed by atoms with Crippen LogP contribution in [0.25, 0.3) is 0 Å². The molecule has 0 bridgehead atoms. The summed E-state index contributed by atoms with van der Waals surface area (Å²) < 4.78 is 5.74. The molecule has 37 heavy (non-hydrogen) atoms.